The molecule has 88 valence electrons. The van der Waals surface area contributed by atoms with E-state index in [1.54, 1.807) is 6.07 Å². The second-order valence-corrected chi connectivity index (χ2v) is 5.15. The molecule has 0 atom stereocenters. The molecule has 0 radical (unpaired) electrons. The molecule has 3 heteroatoms. The van der Waals surface area contributed by atoms with Crippen molar-refractivity contribution in [2.24, 2.45) is 5.41 Å². The van der Waals surface area contributed by atoms with E-state index in [0.717, 1.165) is 49.6 Å². The number of nitrogens with one attached hydrogen (secondary N) is 1. The van der Waals surface area contributed by atoms with Gasteiger partial charge in [-0.3, -0.25) is 9.59 Å². The molecule has 3 rings (SSSR count). The lowest BCUT2D eigenvalue weighted by molar-refractivity contribution is -0.125. The normalized spacial score (nSPS) is 21.1. The topological polar surface area (TPSA) is 46.2 Å². The molecular weight excluding hydrogens is 214 g/mol. The number of hydrogen-bond donors (Lipinski definition) is 1. The Hall–Kier alpha value is -1.64. The Morgan fingerprint density at radius 1 is 1.24 bits per heavy atom. The molecule has 1 aromatic rings. The van der Waals surface area contributed by atoms with Crippen molar-refractivity contribution in [3.05, 3.63) is 29.3 Å². The van der Waals surface area contributed by atoms with Crippen molar-refractivity contribution in [1.82, 2.24) is 0 Å². The average Bonchev–Trinajstić information content (AvgIpc) is 2.80. The monoisotopic (exact) mass is 229 g/mol. The first kappa shape index (κ1) is 10.5. The lowest BCUT2D eigenvalue weighted by Crippen LogP contribution is -2.39. The molecule has 0 bridgehead atoms. The number of benzene rings is 1. The Morgan fingerprint density at radius 2 is 2.00 bits per heavy atom. The molecule has 0 aromatic heterocycles. The van der Waals surface area contributed by atoms with E-state index in [1.807, 2.05) is 12.1 Å². The van der Waals surface area contributed by atoms with Crippen molar-refractivity contribution in [3.63, 3.8) is 0 Å². The SMILES string of the molecule is O=Cc1ccc2c(c1)NC(=O)C1(CCCC1)C2. The van der Waals surface area contributed by atoms with Crippen LogP contribution in [-0.4, -0.2) is 12.2 Å². The van der Waals surface area contributed by atoms with Gasteiger partial charge in [0.2, 0.25) is 5.91 Å². The van der Waals surface area contributed by atoms with Crippen molar-refractivity contribution in [2.75, 3.05) is 5.32 Å². The molecule has 1 saturated carbocycles. The van der Waals surface area contributed by atoms with E-state index in [2.05, 4.69) is 5.32 Å². The van der Waals surface area contributed by atoms with E-state index >= 15 is 0 Å². The van der Waals surface area contributed by atoms with Crippen LogP contribution in [0.1, 0.15) is 41.6 Å². The first-order chi connectivity index (χ1) is 8.23. The second-order valence-electron chi connectivity index (χ2n) is 5.15. The number of carbonyl (C=O) groups is 2. The standard InChI is InChI=1S/C14H15NO2/c16-9-10-3-4-11-8-14(5-1-2-6-14)13(17)15-12(11)7-10/h3-4,7,9H,1-2,5-6,8H2,(H,15,17). The fourth-order valence-electron chi connectivity index (χ4n) is 3.09. The zero-order valence-corrected chi connectivity index (χ0v) is 9.66. The lowest BCUT2D eigenvalue weighted by Gasteiger charge is -2.33. The maximum absolute atomic E-state index is 12.2. The van der Waals surface area contributed by atoms with Crippen molar-refractivity contribution >= 4 is 17.9 Å². The summed E-state index contributed by atoms with van der Waals surface area (Å²) in [5.74, 6) is 0.144. The maximum Gasteiger partial charge on any atom is 0.230 e. The maximum atomic E-state index is 12.2. The van der Waals surface area contributed by atoms with E-state index in [0.29, 0.717) is 5.56 Å². The molecular formula is C14H15NO2. The van der Waals surface area contributed by atoms with Gasteiger partial charge in [-0.1, -0.05) is 25.0 Å². The van der Waals surface area contributed by atoms with Crippen LogP contribution in [0.5, 0.6) is 0 Å². The van der Waals surface area contributed by atoms with Crippen LogP contribution in [0.15, 0.2) is 18.2 Å². The highest BCUT2D eigenvalue weighted by molar-refractivity contribution is 5.99. The summed E-state index contributed by atoms with van der Waals surface area (Å²) in [6, 6.07) is 5.56. The van der Waals surface area contributed by atoms with Gasteiger partial charge >= 0.3 is 0 Å². The van der Waals surface area contributed by atoms with Gasteiger partial charge in [0.15, 0.2) is 0 Å². The van der Waals surface area contributed by atoms with E-state index in [-0.39, 0.29) is 11.3 Å². The van der Waals surface area contributed by atoms with Crippen LogP contribution in [0.3, 0.4) is 0 Å². The Labute approximate surface area is 100 Å². The number of amides is 1. The molecule has 1 heterocycles. The number of hydrogen-bond acceptors (Lipinski definition) is 2. The minimum Gasteiger partial charge on any atom is -0.325 e. The highest BCUT2D eigenvalue weighted by atomic mass is 16.2. The van der Waals surface area contributed by atoms with Crippen molar-refractivity contribution in [1.29, 1.82) is 0 Å². The fourth-order valence-corrected chi connectivity index (χ4v) is 3.09. The molecule has 1 amide bonds. The molecule has 1 spiro atoms. The molecule has 1 N–H and O–H groups in total. The molecule has 1 aliphatic carbocycles. The van der Waals surface area contributed by atoms with Gasteiger partial charge in [-0.2, -0.15) is 0 Å². The van der Waals surface area contributed by atoms with Crippen LogP contribution in [-0.2, 0) is 11.2 Å². The van der Waals surface area contributed by atoms with Crippen LogP contribution < -0.4 is 5.32 Å². The third-order valence-corrected chi connectivity index (χ3v) is 4.09. The van der Waals surface area contributed by atoms with Gasteiger partial charge in [0.25, 0.3) is 0 Å². The molecule has 1 fully saturated rings. The molecule has 1 aromatic carbocycles. The summed E-state index contributed by atoms with van der Waals surface area (Å²) in [6.07, 6.45) is 5.92. The minimum absolute atomic E-state index is 0.144. The van der Waals surface area contributed by atoms with Crippen LogP contribution in [0, 0.1) is 5.41 Å². The summed E-state index contributed by atoms with van der Waals surface area (Å²) in [6.45, 7) is 0. The van der Waals surface area contributed by atoms with E-state index in [9.17, 15) is 9.59 Å². The van der Waals surface area contributed by atoms with Gasteiger partial charge in [-0.15, -0.1) is 0 Å². The first-order valence-corrected chi connectivity index (χ1v) is 6.13. The third kappa shape index (κ3) is 1.57. The Bertz CT molecular complexity index is 487. The van der Waals surface area contributed by atoms with Gasteiger partial charge in [0.05, 0.1) is 5.41 Å². The second kappa shape index (κ2) is 3.69. The molecule has 3 nitrogen and oxygen atoms in total. The quantitative estimate of drug-likeness (QED) is 0.752. The zero-order chi connectivity index (χ0) is 11.9. The number of rotatable bonds is 1. The third-order valence-electron chi connectivity index (χ3n) is 4.09. The summed E-state index contributed by atoms with van der Waals surface area (Å²) >= 11 is 0. The van der Waals surface area contributed by atoms with E-state index < -0.39 is 0 Å². The zero-order valence-electron chi connectivity index (χ0n) is 9.66. The van der Waals surface area contributed by atoms with Crippen molar-refractivity contribution < 1.29 is 9.59 Å². The van der Waals surface area contributed by atoms with Gasteiger partial charge < -0.3 is 5.32 Å². The molecule has 0 unspecified atom stereocenters. The highest BCUT2D eigenvalue weighted by Crippen LogP contribution is 2.45. The summed E-state index contributed by atoms with van der Waals surface area (Å²) in [4.78, 5) is 22.9. The summed E-state index contributed by atoms with van der Waals surface area (Å²) in [7, 11) is 0. The summed E-state index contributed by atoms with van der Waals surface area (Å²) in [5, 5.41) is 2.97. The van der Waals surface area contributed by atoms with Gasteiger partial charge in [0, 0.05) is 11.3 Å². The molecule has 1 aliphatic heterocycles. The molecule has 17 heavy (non-hydrogen) atoms. The number of fused-ring (bicyclic) bond motifs is 1. The van der Waals surface area contributed by atoms with Crippen LogP contribution in [0.2, 0.25) is 0 Å². The van der Waals surface area contributed by atoms with Crippen molar-refractivity contribution in [2.45, 2.75) is 32.1 Å². The fraction of sp³-hybridized carbons (Fsp3) is 0.429. The largest absolute Gasteiger partial charge is 0.325 e. The summed E-state index contributed by atoms with van der Waals surface area (Å²) < 4.78 is 0. The van der Waals surface area contributed by atoms with Crippen molar-refractivity contribution in [3.8, 4) is 0 Å². The minimum atomic E-state index is -0.171. The first-order valence-electron chi connectivity index (χ1n) is 6.13. The van der Waals surface area contributed by atoms with Crippen LogP contribution in [0.4, 0.5) is 5.69 Å². The number of carbonyl (C=O) groups excluding carboxylic acids is 2. The van der Waals surface area contributed by atoms with E-state index in [1.165, 1.54) is 0 Å². The average molecular weight is 229 g/mol. The highest BCUT2D eigenvalue weighted by Gasteiger charge is 2.44. The molecule has 2 aliphatic rings. The van der Waals surface area contributed by atoms with Gasteiger partial charge in [-0.05, 0) is 30.9 Å². The van der Waals surface area contributed by atoms with E-state index in [4.69, 9.17) is 0 Å². The van der Waals surface area contributed by atoms with Gasteiger partial charge in [-0.25, -0.2) is 0 Å². The predicted molar refractivity (Wildman–Crippen MR) is 65.1 cm³/mol. The Morgan fingerprint density at radius 3 is 2.71 bits per heavy atom. The summed E-state index contributed by atoms with van der Waals surface area (Å²) in [5.41, 5.74) is 2.43. The number of aldehydes is 1. The predicted octanol–water partition coefficient (Wildman–Crippen LogP) is 2.55. The van der Waals surface area contributed by atoms with Crippen LogP contribution >= 0.6 is 0 Å². The Kier molecular flexibility index (Phi) is 2.28. The van der Waals surface area contributed by atoms with Gasteiger partial charge in [0.1, 0.15) is 6.29 Å². The van der Waals surface area contributed by atoms with Crippen LogP contribution in [0.25, 0.3) is 0 Å². The smallest absolute Gasteiger partial charge is 0.230 e. The Balaban J connectivity index is 2.00. The molecule has 0 saturated heterocycles. The lowest BCUT2D eigenvalue weighted by atomic mass is 9.76. The number of anilines is 1.